The molecule has 0 amide bonds. The van der Waals surface area contributed by atoms with E-state index in [1.165, 1.54) is 23.9 Å². The van der Waals surface area contributed by atoms with Crippen LogP contribution in [0.1, 0.15) is 5.56 Å². The first kappa shape index (κ1) is 13.0. The second-order valence-corrected chi connectivity index (χ2v) is 4.59. The Kier molecular flexibility index (Phi) is 3.67. The molecule has 0 radical (unpaired) electrons. The van der Waals surface area contributed by atoms with Crippen molar-refractivity contribution in [3.05, 3.63) is 29.8 Å². The maximum Gasteiger partial charge on any atom is 0.416 e. The van der Waals surface area contributed by atoms with E-state index in [2.05, 4.69) is 10.4 Å². The van der Waals surface area contributed by atoms with Gasteiger partial charge in [-0.15, -0.1) is 0 Å². The number of hydrogen-bond acceptors (Lipinski definition) is 5. The summed E-state index contributed by atoms with van der Waals surface area (Å²) in [5.41, 5.74) is 1.69. The van der Waals surface area contributed by atoms with Crippen molar-refractivity contribution in [3.8, 4) is 0 Å². The van der Waals surface area contributed by atoms with Gasteiger partial charge in [-0.1, -0.05) is 17.8 Å². The predicted molar refractivity (Wildman–Crippen MR) is 63.6 cm³/mol. The summed E-state index contributed by atoms with van der Waals surface area (Å²) in [4.78, 5) is 4.02. The van der Waals surface area contributed by atoms with E-state index >= 15 is 0 Å². The lowest BCUT2D eigenvalue weighted by Crippen LogP contribution is -2.38. The van der Waals surface area contributed by atoms with E-state index in [0.717, 1.165) is 17.9 Å². The molecule has 2 N–H and O–H groups in total. The van der Waals surface area contributed by atoms with Crippen LogP contribution in [-0.4, -0.2) is 22.7 Å². The van der Waals surface area contributed by atoms with Crippen LogP contribution in [0.25, 0.3) is 0 Å². The first-order valence-electron chi connectivity index (χ1n) is 5.07. The number of benzene rings is 1. The molecular formula is C10H10F3N3OS. The lowest BCUT2D eigenvalue weighted by atomic mass is 10.2. The van der Waals surface area contributed by atoms with E-state index in [1.807, 2.05) is 0 Å². The summed E-state index contributed by atoms with van der Waals surface area (Å²) in [5.74, 6) is 0.790. The van der Waals surface area contributed by atoms with Crippen molar-refractivity contribution in [2.75, 3.05) is 17.5 Å². The Bertz CT molecular complexity index is 464. The van der Waals surface area contributed by atoms with Crippen molar-refractivity contribution in [3.63, 3.8) is 0 Å². The van der Waals surface area contributed by atoms with Crippen molar-refractivity contribution in [1.29, 1.82) is 0 Å². The van der Waals surface area contributed by atoms with Crippen LogP contribution >= 0.6 is 11.8 Å². The molecule has 0 saturated carbocycles. The predicted octanol–water partition coefficient (Wildman–Crippen LogP) is 2.51. The zero-order valence-corrected chi connectivity index (χ0v) is 9.92. The van der Waals surface area contributed by atoms with Gasteiger partial charge in [0.2, 0.25) is 0 Å². The highest BCUT2D eigenvalue weighted by molar-refractivity contribution is 8.14. The maximum atomic E-state index is 12.5. The third-order valence-electron chi connectivity index (χ3n) is 2.21. The van der Waals surface area contributed by atoms with E-state index in [4.69, 9.17) is 0 Å². The van der Waals surface area contributed by atoms with Gasteiger partial charge in [0.05, 0.1) is 17.8 Å². The Hall–Kier alpha value is -1.41. The summed E-state index contributed by atoms with van der Waals surface area (Å²) in [7, 11) is 0. The fourth-order valence-electron chi connectivity index (χ4n) is 1.37. The van der Waals surface area contributed by atoms with Crippen LogP contribution in [-0.2, 0) is 6.18 Å². The zero-order valence-electron chi connectivity index (χ0n) is 9.11. The normalized spacial score (nSPS) is 15.4. The second kappa shape index (κ2) is 5.07. The van der Waals surface area contributed by atoms with Crippen LogP contribution in [0.2, 0.25) is 0 Å². The van der Waals surface area contributed by atoms with E-state index < -0.39 is 11.7 Å². The minimum atomic E-state index is -4.43. The van der Waals surface area contributed by atoms with Crippen LogP contribution in [0.4, 0.5) is 18.9 Å². The van der Waals surface area contributed by atoms with Crippen molar-refractivity contribution in [2.45, 2.75) is 6.18 Å². The third-order valence-corrected chi connectivity index (χ3v) is 3.09. The number of anilines is 1. The Labute approximate surface area is 105 Å². The standard InChI is InChI=1S/C10H10F3N3OS/c11-10(12,13)7-2-1-3-8(6-7)16(17)15-9-14-4-5-18-9/h1-3,6,17H,4-5H2,(H,14,15). The van der Waals surface area contributed by atoms with Crippen molar-refractivity contribution in [2.24, 2.45) is 4.99 Å². The van der Waals surface area contributed by atoms with Gasteiger partial charge in [0.25, 0.3) is 0 Å². The number of hydrazine groups is 1. The molecule has 0 fully saturated rings. The first-order valence-corrected chi connectivity index (χ1v) is 6.05. The minimum Gasteiger partial charge on any atom is -0.269 e. The topological polar surface area (TPSA) is 47.9 Å². The molecule has 0 atom stereocenters. The highest BCUT2D eigenvalue weighted by Gasteiger charge is 2.30. The molecule has 18 heavy (non-hydrogen) atoms. The monoisotopic (exact) mass is 277 g/mol. The molecule has 0 aliphatic carbocycles. The molecule has 1 aliphatic rings. The molecule has 4 nitrogen and oxygen atoms in total. The molecule has 0 aromatic heterocycles. The molecule has 8 heteroatoms. The van der Waals surface area contributed by atoms with Crippen molar-refractivity contribution >= 4 is 22.6 Å². The van der Waals surface area contributed by atoms with Gasteiger partial charge >= 0.3 is 6.18 Å². The maximum absolute atomic E-state index is 12.5. The SMILES string of the molecule is ON(NC1=NCCS1)c1cccc(C(F)(F)F)c1. The highest BCUT2D eigenvalue weighted by atomic mass is 32.2. The van der Waals surface area contributed by atoms with Crippen molar-refractivity contribution < 1.29 is 18.4 Å². The highest BCUT2D eigenvalue weighted by Crippen LogP contribution is 2.31. The number of hydrogen-bond donors (Lipinski definition) is 2. The van der Waals surface area contributed by atoms with Crippen LogP contribution in [0.3, 0.4) is 0 Å². The van der Waals surface area contributed by atoms with E-state index in [0.29, 0.717) is 16.9 Å². The van der Waals surface area contributed by atoms with Gasteiger partial charge in [0.15, 0.2) is 5.17 Å². The van der Waals surface area contributed by atoms with Gasteiger partial charge in [-0.3, -0.25) is 15.6 Å². The van der Waals surface area contributed by atoms with Crippen LogP contribution in [0.15, 0.2) is 29.3 Å². The average molecular weight is 277 g/mol. The van der Waals surface area contributed by atoms with Gasteiger partial charge < -0.3 is 0 Å². The molecular weight excluding hydrogens is 267 g/mol. The number of amidine groups is 1. The molecule has 1 aliphatic heterocycles. The summed E-state index contributed by atoms with van der Waals surface area (Å²) in [6, 6.07) is 4.39. The van der Waals surface area contributed by atoms with Crippen molar-refractivity contribution in [1.82, 2.24) is 5.43 Å². The lowest BCUT2D eigenvalue weighted by Gasteiger charge is -2.19. The molecule has 1 heterocycles. The Morgan fingerprint density at radius 3 is 2.78 bits per heavy atom. The lowest BCUT2D eigenvalue weighted by molar-refractivity contribution is -0.137. The number of thioether (sulfide) groups is 1. The molecule has 1 aromatic carbocycles. The van der Waals surface area contributed by atoms with Crippen LogP contribution < -0.4 is 10.6 Å². The van der Waals surface area contributed by atoms with Crippen LogP contribution in [0.5, 0.6) is 0 Å². The molecule has 1 aromatic rings. The Morgan fingerprint density at radius 1 is 1.39 bits per heavy atom. The van der Waals surface area contributed by atoms with E-state index in [1.54, 1.807) is 0 Å². The van der Waals surface area contributed by atoms with Gasteiger partial charge in [0, 0.05) is 5.75 Å². The Balaban J connectivity index is 2.12. The zero-order chi connectivity index (χ0) is 13.2. The fourth-order valence-corrected chi connectivity index (χ4v) is 2.08. The quantitative estimate of drug-likeness (QED) is 0.815. The van der Waals surface area contributed by atoms with Gasteiger partial charge in [-0.25, -0.2) is 0 Å². The molecule has 0 spiro atoms. The smallest absolute Gasteiger partial charge is 0.269 e. The number of nitrogens with zero attached hydrogens (tertiary/aromatic N) is 2. The summed E-state index contributed by atoms with van der Waals surface area (Å²) < 4.78 is 37.5. The summed E-state index contributed by atoms with van der Waals surface area (Å²) in [6.07, 6.45) is -4.43. The first-order chi connectivity index (χ1) is 8.47. The third kappa shape index (κ3) is 3.08. The van der Waals surface area contributed by atoms with E-state index in [-0.39, 0.29) is 5.69 Å². The number of alkyl halides is 3. The number of halogens is 3. The number of nitrogens with one attached hydrogen (secondary N) is 1. The molecule has 98 valence electrons. The second-order valence-electron chi connectivity index (χ2n) is 3.51. The molecule has 2 rings (SSSR count). The Morgan fingerprint density at radius 2 is 2.17 bits per heavy atom. The summed E-state index contributed by atoms with van der Waals surface area (Å²) in [5, 5.41) is 10.6. The van der Waals surface area contributed by atoms with Gasteiger partial charge in [0.1, 0.15) is 0 Å². The molecule has 0 bridgehead atoms. The summed E-state index contributed by atoms with van der Waals surface area (Å²) >= 11 is 1.39. The van der Waals surface area contributed by atoms with Crippen LogP contribution in [0, 0.1) is 0 Å². The average Bonchev–Trinajstić information content (AvgIpc) is 2.81. The number of rotatable bonds is 2. The number of aliphatic imine (C=N–C) groups is 1. The van der Waals surface area contributed by atoms with Gasteiger partial charge in [-0.2, -0.15) is 18.3 Å². The molecule has 0 unspecified atom stereocenters. The fraction of sp³-hybridized carbons (Fsp3) is 0.300. The minimum absolute atomic E-state index is 0.0000231. The summed E-state index contributed by atoms with van der Waals surface area (Å²) in [6.45, 7) is 0.628. The van der Waals surface area contributed by atoms with Gasteiger partial charge in [-0.05, 0) is 18.2 Å². The molecule has 0 saturated heterocycles. The largest absolute Gasteiger partial charge is 0.416 e. The van der Waals surface area contributed by atoms with E-state index in [9.17, 15) is 18.4 Å².